The highest BCUT2D eigenvalue weighted by Gasteiger charge is 2.27. The summed E-state index contributed by atoms with van der Waals surface area (Å²) < 4.78 is 7.28. The Balaban J connectivity index is 0.00000544. The van der Waals surface area contributed by atoms with Crippen LogP contribution in [0.25, 0.3) is 0 Å². The monoisotopic (exact) mass is 575 g/mol. The van der Waals surface area contributed by atoms with Gasteiger partial charge in [0.1, 0.15) is 5.60 Å². The Morgan fingerprint density at radius 3 is 2.52 bits per heavy atom. The van der Waals surface area contributed by atoms with E-state index >= 15 is 0 Å². The van der Waals surface area contributed by atoms with Crippen LogP contribution in [0.1, 0.15) is 53.4 Å². The first kappa shape index (κ1) is 29.3. The van der Waals surface area contributed by atoms with Crippen molar-refractivity contribution in [3.05, 3.63) is 34.7 Å². The fraction of sp³-hybridized carbons (Fsp3) is 0.708. The number of hydrogen-bond acceptors (Lipinski definition) is 4. The van der Waals surface area contributed by atoms with Crippen molar-refractivity contribution < 1.29 is 9.53 Å². The minimum atomic E-state index is -0.469. The van der Waals surface area contributed by atoms with Crippen molar-refractivity contribution in [2.24, 2.45) is 10.9 Å². The summed E-state index contributed by atoms with van der Waals surface area (Å²) in [6, 6.07) is 5.25. The van der Waals surface area contributed by atoms with Gasteiger partial charge < -0.3 is 24.4 Å². The maximum absolute atomic E-state index is 12.4. The predicted octanol–water partition coefficient (Wildman–Crippen LogP) is 3.79. The second kappa shape index (κ2) is 14.5. The van der Waals surface area contributed by atoms with Gasteiger partial charge in [0, 0.05) is 58.6 Å². The third-order valence-corrected chi connectivity index (χ3v) is 5.65. The van der Waals surface area contributed by atoms with E-state index < -0.39 is 5.60 Å². The summed E-state index contributed by atoms with van der Waals surface area (Å²) in [5.74, 6) is 1.40. The third-order valence-electron chi connectivity index (χ3n) is 5.65. The first-order valence-corrected chi connectivity index (χ1v) is 11.8. The lowest BCUT2D eigenvalue weighted by Crippen LogP contribution is -2.48. The van der Waals surface area contributed by atoms with Gasteiger partial charge in [-0.3, -0.25) is 9.79 Å². The van der Waals surface area contributed by atoms with Crippen LogP contribution in [0.2, 0.25) is 0 Å². The molecule has 1 saturated heterocycles. The van der Waals surface area contributed by atoms with Gasteiger partial charge in [-0.05, 0) is 65.4 Å². The van der Waals surface area contributed by atoms with E-state index in [2.05, 4.69) is 15.2 Å². The van der Waals surface area contributed by atoms with Gasteiger partial charge in [-0.15, -0.1) is 24.0 Å². The molecule has 1 fully saturated rings. The van der Waals surface area contributed by atoms with Crippen LogP contribution in [0.3, 0.4) is 0 Å². The maximum atomic E-state index is 12.4. The summed E-state index contributed by atoms with van der Waals surface area (Å²) in [6.45, 7) is 12.5. The number of nitrogens with zero attached hydrogens (tertiary/aromatic N) is 4. The number of ether oxygens (including phenoxy) is 1. The number of aromatic nitrogens is 1. The molecule has 2 rings (SSSR count). The average molecular weight is 576 g/mol. The molecule has 1 N–H and O–H groups in total. The molecule has 0 unspecified atom stereocenters. The van der Waals surface area contributed by atoms with Crippen LogP contribution in [0, 0.1) is 5.92 Å². The predicted molar refractivity (Wildman–Crippen MR) is 144 cm³/mol. The van der Waals surface area contributed by atoms with Crippen LogP contribution in [0.5, 0.6) is 0 Å². The molecule has 1 aromatic rings. The zero-order valence-corrected chi connectivity index (χ0v) is 23.2. The number of piperidine rings is 1. The Kier molecular flexibility index (Phi) is 12.8. The molecule has 0 bridgehead atoms. The van der Waals surface area contributed by atoms with Crippen LogP contribution in [0.4, 0.5) is 4.79 Å². The quantitative estimate of drug-likeness (QED) is 0.221. The molecular weight excluding hydrogens is 533 g/mol. The molecule has 8 nitrogen and oxygen atoms in total. The standard InChI is InChI=1S/C24H41N5O3.HI/c1-6-27(23(31)32-24(2,3)4)19-20-12-17-29(18-13-20)22(25-5)26-14-8-10-16-28-15-9-7-11-21(28)30;/h7,9,11,15,20H,6,8,10,12-14,16-19H2,1-5H3,(H,25,26);1H. The SMILES string of the molecule is CCN(CC1CCN(C(=NC)NCCCCn2ccccc2=O)CC1)C(=O)OC(C)(C)C.I. The van der Waals surface area contributed by atoms with Crippen molar-refractivity contribution >= 4 is 36.0 Å². The summed E-state index contributed by atoms with van der Waals surface area (Å²) in [5, 5.41) is 3.45. The Bertz CT molecular complexity index is 798. The fourth-order valence-corrected chi connectivity index (χ4v) is 3.88. The number of aryl methyl sites for hydroxylation is 1. The van der Waals surface area contributed by atoms with Crippen LogP contribution in [-0.4, -0.2) is 71.8 Å². The molecule has 1 aliphatic heterocycles. The number of halogens is 1. The number of nitrogens with one attached hydrogen (secondary N) is 1. The van der Waals surface area contributed by atoms with E-state index in [1.807, 2.05) is 51.9 Å². The van der Waals surface area contributed by atoms with E-state index in [0.717, 1.165) is 64.4 Å². The van der Waals surface area contributed by atoms with E-state index in [9.17, 15) is 9.59 Å². The molecule has 0 saturated carbocycles. The molecule has 1 aromatic heterocycles. The summed E-state index contributed by atoms with van der Waals surface area (Å²) in [4.78, 5) is 32.7. The summed E-state index contributed by atoms with van der Waals surface area (Å²) in [5.41, 5.74) is -0.421. The molecule has 0 spiro atoms. The van der Waals surface area contributed by atoms with Gasteiger partial charge in [-0.25, -0.2) is 4.79 Å². The number of unbranched alkanes of at least 4 members (excludes halogenated alkanes) is 1. The highest BCUT2D eigenvalue weighted by molar-refractivity contribution is 14.0. The molecule has 1 aliphatic rings. The van der Waals surface area contributed by atoms with Crippen LogP contribution < -0.4 is 10.9 Å². The van der Waals surface area contributed by atoms with Gasteiger partial charge in [-0.1, -0.05) is 6.07 Å². The fourth-order valence-electron chi connectivity index (χ4n) is 3.88. The first-order valence-electron chi connectivity index (χ1n) is 11.8. The smallest absolute Gasteiger partial charge is 0.410 e. The van der Waals surface area contributed by atoms with E-state index in [0.29, 0.717) is 12.5 Å². The molecule has 9 heteroatoms. The van der Waals surface area contributed by atoms with Crippen LogP contribution >= 0.6 is 24.0 Å². The lowest BCUT2D eigenvalue weighted by atomic mass is 9.96. The van der Waals surface area contributed by atoms with Crippen molar-refractivity contribution in [1.29, 1.82) is 0 Å². The molecule has 188 valence electrons. The van der Waals surface area contributed by atoms with E-state index in [4.69, 9.17) is 4.74 Å². The zero-order valence-electron chi connectivity index (χ0n) is 20.9. The Morgan fingerprint density at radius 2 is 1.94 bits per heavy atom. The molecule has 33 heavy (non-hydrogen) atoms. The van der Waals surface area contributed by atoms with Gasteiger partial charge in [0.2, 0.25) is 5.56 Å². The highest BCUT2D eigenvalue weighted by atomic mass is 127. The Hall–Kier alpha value is -1.78. The van der Waals surface area contributed by atoms with Crippen molar-refractivity contribution in [1.82, 2.24) is 19.7 Å². The Morgan fingerprint density at radius 1 is 1.24 bits per heavy atom. The molecule has 1 amide bonds. The molecule has 0 aliphatic carbocycles. The first-order chi connectivity index (χ1) is 15.2. The van der Waals surface area contributed by atoms with Gasteiger partial charge in [0.25, 0.3) is 0 Å². The van der Waals surface area contributed by atoms with Crippen molar-refractivity contribution in [3.63, 3.8) is 0 Å². The summed E-state index contributed by atoms with van der Waals surface area (Å²) in [6.07, 6.45) is 5.57. The topological polar surface area (TPSA) is 79.2 Å². The van der Waals surface area contributed by atoms with E-state index in [1.54, 1.807) is 16.7 Å². The molecular formula is C24H42IN5O3. The second-order valence-electron chi connectivity index (χ2n) is 9.36. The normalized spacial score (nSPS) is 15.1. The minimum Gasteiger partial charge on any atom is -0.444 e. The molecule has 0 aromatic carbocycles. The number of pyridine rings is 1. The van der Waals surface area contributed by atoms with Gasteiger partial charge in [0.15, 0.2) is 5.96 Å². The van der Waals surface area contributed by atoms with Gasteiger partial charge >= 0.3 is 6.09 Å². The number of carbonyl (C=O) groups is 1. The largest absolute Gasteiger partial charge is 0.444 e. The van der Waals surface area contributed by atoms with Crippen molar-refractivity contribution in [2.75, 3.05) is 39.8 Å². The van der Waals surface area contributed by atoms with E-state index in [-0.39, 0.29) is 35.6 Å². The maximum Gasteiger partial charge on any atom is 0.410 e. The summed E-state index contributed by atoms with van der Waals surface area (Å²) >= 11 is 0. The molecule has 0 atom stereocenters. The highest BCUT2D eigenvalue weighted by Crippen LogP contribution is 2.20. The van der Waals surface area contributed by atoms with Crippen LogP contribution in [-0.2, 0) is 11.3 Å². The van der Waals surface area contributed by atoms with Crippen molar-refractivity contribution in [2.45, 2.75) is 65.5 Å². The number of guanidine groups is 1. The van der Waals surface area contributed by atoms with Gasteiger partial charge in [0.05, 0.1) is 0 Å². The number of aliphatic imine (C=N–C) groups is 1. The molecule has 2 heterocycles. The minimum absolute atomic E-state index is 0. The number of carbonyl (C=O) groups excluding carboxylic acids is 1. The van der Waals surface area contributed by atoms with Crippen LogP contribution in [0.15, 0.2) is 34.2 Å². The lowest BCUT2D eigenvalue weighted by molar-refractivity contribution is 0.0214. The second-order valence-corrected chi connectivity index (χ2v) is 9.36. The van der Waals surface area contributed by atoms with Gasteiger partial charge in [-0.2, -0.15) is 0 Å². The zero-order chi connectivity index (χ0) is 23.6. The number of amides is 1. The number of rotatable bonds is 8. The summed E-state index contributed by atoms with van der Waals surface area (Å²) in [7, 11) is 1.82. The number of likely N-dealkylation sites (tertiary alicyclic amines) is 1. The van der Waals surface area contributed by atoms with E-state index in [1.165, 1.54) is 0 Å². The Labute approximate surface area is 215 Å². The number of hydrogen-bond donors (Lipinski definition) is 1. The molecule has 0 radical (unpaired) electrons. The third kappa shape index (κ3) is 10.4. The lowest BCUT2D eigenvalue weighted by Gasteiger charge is -2.36. The average Bonchev–Trinajstić information content (AvgIpc) is 2.75. The van der Waals surface area contributed by atoms with Crippen molar-refractivity contribution in [3.8, 4) is 0 Å².